The number of nitrogens with zero attached hydrogens (tertiary/aromatic N) is 4. The van der Waals surface area contributed by atoms with Gasteiger partial charge in [-0.1, -0.05) is 38.1 Å². The molecule has 162 valence electrons. The number of imidazole rings is 1. The topological polar surface area (TPSA) is 57.5 Å². The standard InChI is InChI=1S/C22H36N6.HI/c1-5-27(6-2)14-7-8-19(3)26-22(23-4)25-16-20-9-11-21(12-10-20)17-28-15-13-24-18-28;/h9-13,15,18-19H,5-8,14,16-17H2,1-4H3,(H2,23,25,26);1H. The van der Waals surface area contributed by atoms with Gasteiger partial charge < -0.3 is 20.1 Å². The second kappa shape index (κ2) is 14.4. The van der Waals surface area contributed by atoms with Crippen LogP contribution in [0.5, 0.6) is 0 Å². The molecule has 1 aromatic heterocycles. The first kappa shape index (κ1) is 25.4. The first-order chi connectivity index (χ1) is 13.6. The van der Waals surface area contributed by atoms with Crippen molar-refractivity contribution in [3.63, 3.8) is 0 Å². The quantitative estimate of drug-likeness (QED) is 0.274. The summed E-state index contributed by atoms with van der Waals surface area (Å²) < 4.78 is 2.07. The highest BCUT2D eigenvalue weighted by atomic mass is 127. The van der Waals surface area contributed by atoms with Gasteiger partial charge in [0.05, 0.1) is 6.33 Å². The van der Waals surface area contributed by atoms with Crippen molar-refractivity contribution in [3.8, 4) is 0 Å². The average molecular weight is 512 g/mol. The summed E-state index contributed by atoms with van der Waals surface area (Å²) in [5.74, 6) is 0.859. The van der Waals surface area contributed by atoms with Crippen LogP contribution in [-0.4, -0.2) is 53.1 Å². The maximum Gasteiger partial charge on any atom is 0.191 e. The Bertz CT molecular complexity index is 680. The van der Waals surface area contributed by atoms with Gasteiger partial charge in [0, 0.05) is 38.6 Å². The first-order valence-corrected chi connectivity index (χ1v) is 10.4. The van der Waals surface area contributed by atoms with E-state index in [0.29, 0.717) is 6.04 Å². The van der Waals surface area contributed by atoms with Crippen LogP contribution in [0.25, 0.3) is 0 Å². The number of benzene rings is 1. The predicted molar refractivity (Wildman–Crippen MR) is 133 cm³/mol. The molecule has 0 spiro atoms. The normalized spacial score (nSPS) is 12.5. The maximum absolute atomic E-state index is 4.36. The van der Waals surface area contributed by atoms with Crippen LogP contribution in [0, 0.1) is 0 Å². The van der Waals surface area contributed by atoms with Crippen molar-refractivity contribution in [2.45, 2.75) is 52.7 Å². The zero-order chi connectivity index (χ0) is 20.2. The van der Waals surface area contributed by atoms with Crippen LogP contribution >= 0.6 is 24.0 Å². The number of nitrogens with one attached hydrogen (secondary N) is 2. The molecule has 0 aliphatic rings. The summed E-state index contributed by atoms with van der Waals surface area (Å²) in [5.41, 5.74) is 2.51. The number of rotatable bonds is 11. The molecule has 0 aliphatic heterocycles. The SMILES string of the molecule is CCN(CC)CCCC(C)NC(=NC)NCc1ccc(Cn2ccnc2)cc1.I. The van der Waals surface area contributed by atoms with Crippen LogP contribution in [-0.2, 0) is 13.1 Å². The van der Waals surface area contributed by atoms with E-state index in [-0.39, 0.29) is 24.0 Å². The van der Waals surface area contributed by atoms with Gasteiger partial charge in [-0.3, -0.25) is 4.99 Å². The lowest BCUT2D eigenvalue weighted by atomic mass is 10.1. The number of guanidine groups is 1. The predicted octanol–water partition coefficient (Wildman–Crippen LogP) is 3.72. The summed E-state index contributed by atoms with van der Waals surface area (Å²) in [4.78, 5) is 10.9. The Labute approximate surface area is 193 Å². The monoisotopic (exact) mass is 512 g/mol. The summed E-state index contributed by atoms with van der Waals surface area (Å²) in [6.07, 6.45) is 7.97. The molecule has 0 amide bonds. The molecular weight excluding hydrogens is 475 g/mol. The molecule has 1 atom stereocenters. The van der Waals surface area contributed by atoms with Crippen molar-refractivity contribution in [1.29, 1.82) is 0 Å². The van der Waals surface area contributed by atoms with E-state index in [1.54, 1.807) is 0 Å². The van der Waals surface area contributed by atoms with E-state index in [1.165, 1.54) is 17.5 Å². The minimum absolute atomic E-state index is 0. The Morgan fingerprint density at radius 3 is 2.45 bits per heavy atom. The van der Waals surface area contributed by atoms with Gasteiger partial charge in [-0.05, 0) is 50.5 Å². The zero-order valence-corrected chi connectivity index (χ0v) is 20.6. The van der Waals surface area contributed by atoms with E-state index in [1.807, 2.05) is 25.8 Å². The van der Waals surface area contributed by atoms with Gasteiger partial charge in [-0.2, -0.15) is 0 Å². The number of halogens is 1. The van der Waals surface area contributed by atoms with Crippen LogP contribution in [0.3, 0.4) is 0 Å². The van der Waals surface area contributed by atoms with Crippen LogP contribution in [0.4, 0.5) is 0 Å². The molecule has 2 rings (SSSR count). The fraction of sp³-hybridized carbons (Fsp3) is 0.545. The molecule has 0 fully saturated rings. The second-order valence-electron chi connectivity index (χ2n) is 7.19. The van der Waals surface area contributed by atoms with Crippen LogP contribution < -0.4 is 10.6 Å². The Kier molecular flexibility index (Phi) is 12.6. The van der Waals surface area contributed by atoms with Gasteiger partial charge in [-0.15, -0.1) is 24.0 Å². The number of hydrogen-bond donors (Lipinski definition) is 2. The average Bonchev–Trinajstić information content (AvgIpc) is 3.22. The summed E-state index contributed by atoms with van der Waals surface area (Å²) in [6, 6.07) is 9.07. The molecule has 2 N–H and O–H groups in total. The summed E-state index contributed by atoms with van der Waals surface area (Å²) in [7, 11) is 1.83. The third kappa shape index (κ3) is 9.62. The van der Waals surface area contributed by atoms with E-state index >= 15 is 0 Å². The number of aromatic nitrogens is 2. The molecule has 1 aromatic carbocycles. The van der Waals surface area contributed by atoms with Crippen LogP contribution in [0.1, 0.15) is 44.7 Å². The Morgan fingerprint density at radius 2 is 1.86 bits per heavy atom. The zero-order valence-electron chi connectivity index (χ0n) is 18.3. The molecule has 0 saturated carbocycles. The number of hydrogen-bond acceptors (Lipinski definition) is 3. The van der Waals surface area contributed by atoms with E-state index in [9.17, 15) is 0 Å². The third-order valence-electron chi connectivity index (χ3n) is 5.02. The Hall–Kier alpha value is -1.61. The van der Waals surface area contributed by atoms with Gasteiger partial charge >= 0.3 is 0 Å². The minimum atomic E-state index is 0. The highest BCUT2D eigenvalue weighted by molar-refractivity contribution is 14.0. The van der Waals surface area contributed by atoms with Gasteiger partial charge in [-0.25, -0.2) is 4.98 Å². The molecule has 1 heterocycles. The molecule has 0 saturated heterocycles. The van der Waals surface area contributed by atoms with E-state index in [4.69, 9.17) is 0 Å². The van der Waals surface area contributed by atoms with E-state index in [2.05, 4.69) is 75.1 Å². The lowest BCUT2D eigenvalue weighted by Gasteiger charge is -2.21. The van der Waals surface area contributed by atoms with E-state index < -0.39 is 0 Å². The molecule has 0 aliphatic carbocycles. The molecule has 29 heavy (non-hydrogen) atoms. The largest absolute Gasteiger partial charge is 0.354 e. The Morgan fingerprint density at radius 1 is 1.17 bits per heavy atom. The molecular formula is C22H37IN6. The Balaban J connectivity index is 0.00000420. The molecule has 7 heteroatoms. The minimum Gasteiger partial charge on any atom is -0.354 e. The van der Waals surface area contributed by atoms with Gasteiger partial charge in [0.2, 0.25) is 0 Å². The van der Waals surface area contributed by atoms with Gasteiger partial charge in [0.1, 0.15) is 0 Å². The summed E-state index contributed by atoms with van der Waals surface area (Å²) in [6.45, 7) is 11.7. The highest BCUT2D eigenvalue weighted by Crippen LogP contribution is 2.06. The fourth-order valence-electron chi connectivity index (χ4n) is 3.20. The smallest absolute Gasteiger partial charge is 0.191 e. The summed E-state index contributed by atoms with van der Waals surface area (Å²) >= 11 is 0. The van der Waals surface area contributed by atoms with Gasteiger partial charge in [0.15, 0.2) is 5.96 Å². The van der Waals surface area contributed by atoms with Crippen molar-refractivity contribution in [2.24, 2.45) is 4.99 Å². The molecule has 2 aromatic rings. The van der Waals surface area contributed by atoms with Crippen molar-refractivity contribution in [2.75, 3.05) is 26.7 Å². The lowest BCUT2D eigenvalue weighted by molar-refractivity contribution is 0.292. The molecule has 0 bridgehead atoms. The van der Waals surface area contributed by atoms with Crippen molar-refractivity contribution < 1.29 is 0 Å². The third-order valence-corrected chi connectivity index (χ3v) is 5.02. The van der Waals surface area contributed by atoms with Crippen molar-refractivity contribution in [3.05, 3.63) is 54.1 Å². The maximum atomic E-state index is 4.36. The summed E-state index contributed by atoms with van der Waals surface area (Å²) in [5, 5.41) is 6.91. The lowest BCUT2D eigenvalue weighted by Crippen LogP contribution is -2.42. The molecule has 0 radical (unpaired) electrons. The van der Waals surface area contributed by atoms with Crippen molar-refractivity contribution in [1.82, 2.24) is 25.1 Å². The highest BCUT2D eigenvalue weighted by Gasteiger charge is 2.07. The first-order valence-electron chi connectivity index (χ1n) is 10.4. The van der Waals surface area contributed by atoms with Crippen molar-refractivity contribution >= 4 is 29.9 Å². The molecule has 6 nitrogen and oxygen atoms in total. The van der Waals surface area contributed by atoms with Crippen LogP contribution in [0.15, 0.2) is 48.0 Å². The van der Waals surface area contributed by atoms with Crippen LogP contribution in [0.2, 0.25) is 0 Å². The van der Waals surface area contributed by atoms with Gasteiger partial charge in [0.25, 0.3) is 0 Å². The fourth-order valence-corrected chi connectivity index (χ4v) is 3.20. The van der Waals surface area contributed by atoms with E-state index in [0.717, 1.165) is 45.1 Å². The molecule has 1 unspecified atom stereocenters. The number of aliphatic imine (C=N–C) groups is 1. The second-order valence-corrected chi connectivity index (χ2v) is 7.19.